The average Bonchev–Trinajstić information content (AvgIpc) is 2.65. The minimum absolute atomic E-state index is 0.0350. The van der Waals surface area contributed by atoms with E-state index in [9.17, 15) is 14.9 Å². The van der Waals surface area contributed by atoms with Crippen LogP contribution in [0.15, 0.2) is 29.8 Å². The first-order valence-electron chi connectivity index (χ1n) is 4.90. The maximum Gasteiger partial charge on any atom is 0.270 e. The molecule has 1 aromatic carbocycles. The number of nitrogens with one attached hydrogen (secondary N) is 1. The highest BCUT2D eigenvalue weighted by molar-refractivity contribution is 5.99. The molecule has 1 amide bonds. The van der Waals surface area contributed by atoms with Gasteiger partial charge in [0.05, 0.1) is 4.92 Å². The number of rotatable bonds is 2. The summed E-state index contributed by atoms with van der Waals surface area (Å²) in [5.74, 6) is -0.0912. The average molecular weight is 218 g/mol. The molecule has 1 heterocycles. The Bertz CT molecular complexity index is 480. The van der Waals surface area contributed by atoms with Crippen LogP contribution in [0.25, 0.3) is 6.08 Å². The van der Waals surface area contributed by atoms with Crippen LogP contribution in [0.4, 0.5) is 5.69 Å². The van der Waals surface area contributed by atoms with Gasteiger partial charge in [-0.15, -0.1) is 0 Å². The molecule has 5 heteroatoms. The fourth-order valence-electron chi connectivity index (χ4n) is 1.60. The van der Waals surface area contributed by atoms with Crippen molar-refractivity contribution in [3.8, 4) is 0 Å². The topological polar surface area (TPSA) is 72.2 Å². The predicted octanol–water partition coefficient (Wildman–Crippen LogP) is 1.50. The Labute approximate surface area is 91.9 Å². The first kappa shape index (κ1) is 10.4. The summed E-state index contributed by atoms with van der Waals surface area (Å²) in [5.41, 5.74) is 1.38. The summed E-state index contributed by atoms with van der Waals surface area (Å²) >= 11 is 0. The third kappa shape index (κ3) is 2.08. The molecule has 0 saturated carbocycles. The van der Waals surface area contributed by atoms with Crippen molar-refractivity contribution in [2.45, 2.75) is 6.42 Å². The predicted molar refractivity (Wildman–Crippen MR) is 58.7 cm³/mol. The van der Waals surface area contributed by atoms with Gasteiger partial charge in [-0.25, -0.2) is 0 Å². The van der Waals surface area contributed by atoms with Crippen molar-refractivity contribution in [2.24, 2.45) is 0 Å². The number of hydrogen-bond acceptors (Lipinski definition) is 3. The summed E-state index contributed by atoms with van der Waals surface area (Å²) in [4.78, 5) is 21.4. The summed E-state index contributed by atoms with van der Waals surface area (Å²) in [6, 6.07) is 6.23. The van der Waals surface area contributed by atoms with Gasteiger partial charge in [0.1, 0.15) is 0 Å². The lowest BCUT2D eigenvalue weighted by atomic mass is 10.1. The van der Waals surface area contributed by atoms with Crippen LogP contribution in [0.1, 0.15) is 12.0 Å². The van der Waals surface area contributed by atoms with Crippen molar-refractivity contribution < 1.29 is 9.72 Å². The molecule has 16 heavy (non-hydrogen) atoms. The smallest absolute Gasteiger partial charge is 0.270 e. The molecule has 5 nitrogen and oxygen atoms in total. The van der Waals surface area contributed by atoms with E-state index in [0.717, 1.165) is 0 Å². The Balaban J connectivity index is 2.31. The lowest BCUT2D eigenvalue weighted by Gasteiger charge is -1.96. The summed E-state index contributed by atoms with van der Waals surface area (Å²) in [6.07, 6.45) is 2.36. The SMILES string of the molecule is O=C1NCC/C1=C\c1cccc([N+](=O)[O-])c1. The molecule has 1 N–H and O–H groups in total. The number of benzene rings is 1. The molecule has 0 bridgehead atoms. The third-order valence-corrected chi connectivity index (χ3v) is 2.39. The first-order valence-corrected chi connectivity index (χ1v) is 4.90. The van der Waals surface area contributed by atoms with Crippen LogP contribution < -0.4 is 5.32 Å². The largest absolute Gasteiger partial charge is 0.352 e. The molecule has 2 rings (SSSR count). The van der Waals surface area contributed by atoms with Crippen molar-refractivity contribution in [1.82, 2.24) is 5.32 Å². The van der Waals surface area contributed by atoms with Gasteiger partial charge in [0.15, 0.2) is 0 Å². The molecular weight excluding hydrogens is 208 g/mol. The van der Waals surface area contributed by atoms with Crippen LogP contribution in [-0.4, -0.2) is 17.4 Å². The quantitative estimate of drug-likeness (QED) is 0.464. The molecular formula is C11H10N2O3. The molecule has 0 unspecified atom stereocenters. The van der Waals surface area contributed by atoms with Crippen LogP contribution in [-0.2, 0) is 4.79 Å². The molecule has 1 saturated heterocycles. The second-order valence-corrected chi connectivity index (χ2v) is 3.53. The first-order chi connectivity index (χ1) is 7.66. The van der Waals surface area contributed by atoms with E-state index < -0.39 is 4.92 Å². The maximum absolute atomic E-state index is 11.3. The fourth-order valence-corrected chi connectivity index (χ4v) is 1.60. The summed E-state index contributed by atoms with van der Waals surface area (Å²) in [5, 5.41) is 13.2. The molecule has 1 fully saturated rings. The van der Waals surface area contributed by atoms with E-state index in [-0.39, 0.29) is 11.6 Å². The van der Waals surface area contributed by atoms with Crippen LogP contribution in [0, 0.1) is 10.1 Å². The van der Waals surface area contributed by atoms with E-state index in [1.807, 2.05) is 0 Å². The van der Waals surface area contributed by atoms with E-state index in [0.29, 0.717) is 24.1 Å². The molecule has 0 atom stereocenters. The van der Waals surface area contributed by atoms with Crippen molar-refractivity contribution in [1.29, 1.82) is 0 Å². The van der Waals surface area contributed by atoms with E-state index in [1.54, 1.807) is 18.2 Å². The van der Waals surface area contributed by atoms with Crippen LogP contribution in [0.3, 0.4) is 0 Å². The van der Waals surface area contributed by atoms with Gasteiger partial charge in [-0.2, -0.15) is 0 Å². The van der Waals surface area contributed by atoms with Crippen molar-refractivity contribution in [2.75, 3.05) is 6.54 Å². The third-order valence-electron chi connectivity index (χ3n) is 2.39. The fraction of sp³-hybridized carbons (Fsp3) is 0.182. The molecule has 0 radical (unpaired) electrons. The van der Waals surface area contributed by atoms with Crippen LogP contribution >= 0.6 is 0 Å². The van der Waals surface area contributed by atoms with E-state index >= 15 is 0 Å². The second-order valence-electron chi connectivity index (χ2n) is 3.53. The number of carbonyl (C=O) groups is 1. The van der Waals surface area contributed by atoms with Gasteiger partial charge in [-0.1, -0.05) is 12.1 Å². The Morgan fingerprint density at radius 1 is 1.44 bits per heavy atom. The van der Waals surface area contributed by atoms with Crippen LogP contribution in [0.5, 0.6) is 0 Å². The molecule has 1 aliphatic rings. The molecule has 1 aromatic rings. The number of nitrogens with zero attached hydrogens (tertiary/aromatic N) is 1. The van der Waals surface area contributed by atoms with Gasteiger partial charge in [-0.3, -0.25) is 14.9 Å². The summed E-state index contributed by atoms with van der Waals surface area (Å²) in [6.45, 7) is 0.638. The zero-order chi connectivity index (χ0) is 11.5. The second kappa shape index (κ2) is 4.14. The number of nitro groups is 1. The van der Waals surface area contributed by atoms with Crippen molar-refractivity contribution in [3.05, 3.63) is 45.5 Å². The Morgan fingerprint density at radius 3 is 2.88 bits per heavy atom. The molecule has 0 spiro atoms. The van der Waals surface area contributed by atoms with Gasteiger partial charge in [0.2, 0.25) is 5.91 Å². The summed E-state index contributed by atoms with van der Waals surface area (Å²) in [7, 11) is 0. The number of hydrogen-bond donors (Lipinski definition) is 1. The van der Waals surface area contributed by atoms with Gasteiger partial charge in [0, 0.05) is 24.3 Å². The normalized spacial score (nSPS) is 17.5. The van der Waals surface area contributed by atoms with E-state index in [4.69, 9.17) is 0 Å². The number of carbonyl (C=O) groups excluding carboxylic acids is 1. The highest BCUT2D eigenvalue weighted by Crippen LogP contribution is 2.18. The maximum atomic E-state index is 11.3. The highest BCUT2D eigenvalue weighted by atomic mass is 16.6. The van der Waals surface area contributed by atoms with Crippen molar-refractivity contribution in [3.63, 3.8) is 0 Å². The Hall–Kier alpha value is -2.17. The van der Waals surface area contributed by atoms with Gasteiger partial charge >= 0.3 is 0 Å². The standard InChI is InChI=1S/C11H10N2O3/c14-11-9(4-5-12-11)6-8-2-1-3-10(7-8)13(15)16/h1-3,6-7H,4-5H2,(H,12,14)/b9-6+. The minimum Gasteiger partial charge on any atom is -0.352 e. The number of amides is 1. The molecule has 0 aliphatic carbocycles. The zero-order valence-electron chi connectivity index (χ0n) is 8.47. The molecule has 82 valence electrons. The summed E-state index contributed by atoms with van der Waals surface area (Å²) < 4.78 is 0. The Kier molecular flexibility index (Phi) is 2.68. The molecule has 1 aliphatic heterocycles. The van der Waals surface area contributed by atoms with Gasteiger partial charge in [-0.05, 0) is 18.1 Å². The minimum atomic E-state index is -0.448. The zero-order valence-corrected chi connectivity index (χ0v) is 8.47. The monoisotopic (exact) mass is 218 g/mol. The lowest BCUT2D eigenvalue weighted by molar-refractivity contribution is -0.384. The number of non-ortho nitro benzene ring substituents is 1. The van der Waals surface area contributed by atoms with Crippen LogP contribution in [0.2, 0.25) is 0 Å². The number of nitro benzene ring substituents is 1. The van der Waals surface area contributed by atoms with Gasteiger partial charge < -0.3 is 5.32 Å². The molecule has 0 aromatic heterocycles. The Morgan fingerprint density at radius 2 is 2.25 bits per heavy atom. The van der Waals surface area contributed by atoms with Crippen molar-refractivity contribution >= 4 is 17.7 Å². The van der Waals surface area contributed by atoms with E-state index in [2.05, 4.69) is 5.32 Å². The highest BCUT2D eigenvalue weighted by Gasteiger charge is 2.16. The van der Waals surface area contributed by atoms with E-state index in [1.165, 1.54) is 12.1 Å². The lowest BCUT2D eigenvalue weighted by Crippen LogP contribution is -2.13. The van der Waals surface area contributed by atoms with Gasteiger partial charge in [0.25, 0.3) is 5.69 Å².